The Balaban J connectivity index is 1.44. The SMILES string of the molecule is N#Cc1cnc2c(Cl)cc(NC(c3ccc(F)cc3)c3cn(C4CC4)nn3)cc2c1Nc1cnc(F)c(F)c1. The first-order chi connectivity index (χ1) is 18.9. The average Bonchev–Trinajstić information content (AvgIpc) is 3.67. The van der Waals surface area contributed by atoms with Gasteiger partial charge in [0.2, 0.25) is 5.95 Å². The average molecular weight is 547 g/mol. The highest BCUT2D eigenvalue weighted by molar-refractivity contribution is 6.36. The third-order valence-electron chi connectivity index (χ3n) is 6.37. The molecule has 1 aliphatic carbocycles. The van der Waals surface area contributed by atoms with Crippen LogP contribution in [-0.4, -0.2) is 25.0 Å². The molecule has 3 heterocycles. The smallest absolute Gasteiger partial charge is 0.249 e. The van der Waals surface area contributed by atoms with Gasteiger partial charge >= 0.3 is 0 Å². The molecule has 194 valence electrons. The second-order valence-corrected chi connectivity index (χ2v) is 9.53. The number of halogens is 4. The molecular weight excluding hydrogens is 529 g/mol. The van der Waals surface area contributed by atoms with Gasteiger partial charge in [0.25, 0.3) is 0 Å². The molecule has 0 radical (unpaired) electrons. The quantitative estimate of drug-likeness (QED) is 0.226. The molecule has 0 saturated heterocycles. The van der Waals surface area contributed by atoms with Crippen LogP contribution in [0.15, 0.2) is 61.1 Å². The highest BCUT2D eigenvalue weighted by Crippen LogP contribution is 2.38. The second-order valence-electron chi connectivity index (χ2n) is 9.12. The Kier molecular flexibility index (Phi) is 6.24. The number of benzene rings is 2. The van der Waals surface area contributed by atoms with Crippen molar-refractivity contribution < 1.29 is 13.2 Å². The summed E-state index contributed by atoms with van der Waals surface area (Å²) in [6.07, 6.45) is 6.39. The van der Waals surface area contributed by atoms with Crippen molar-refractivity contribution in [3.05, 3.63) is 100 Å². The zero-order valence-corrected chi connectivity index (χ0v) is 20.8. The first-order valence-corrected chi connectivity index (χ1v) is 12.3. The van der Waals surface area contributed by atoms with Gasteiger partial charge in [-0.2, -0.15) is 9.65 Å². The molecule has 0 bridgehead atoms. The Morgan fingerprint density at radius 2 is 1.82 bits per heavy atom. The van der Waals surface area contributed by atoms with Crippen molar-refractivity contribution in [2.45, 2.75) is 24.9 Å². The van der Waals surface area contributed by atoms with Crippen LogP contribution in [0.1, 0.15) is 41.7 Å². The van der Waals surface area contributed by atoms with Crippen LogP contribution in [-0.2, 0) is 0 Å². The van der Waals surface area contributed by atoms with Gasteiger partial charge in [-0.05, 0) is 42.7 Å². The Morgan fingerprint density at radius 3 is 2.54 bits per heavy atom. The summed E-state index contributed by atoms with van der Waals surface area (Å²) in [5, 5.41) is 25.4. The molecule has 1 unspecified atom stereocenters. The van der Waals surface area contributed by atoms with Crippen LogP contribution in [0.2, 0.25) is 5.02 Å². The van der Waals surface area contributed by atoms with E-state index in [0.29, 0.717) is 34.0 Å². The highest BCUT2D eigenvalue weighted by Gasteiger charge is 2.27. The van der Waals surface area contributed by atoms with Gasteiger partial charge in [0.15, 0.2) is 5.82 Å². The molecule has 3 aromatic heterocycles. The summed E-state index contributed by atoms with van der Waals surface area (Å²) in [4.78, 5) is 7.72. The number of anilines is 3. The number of nitrogens with zero attached hydrogens (tertiary/aromatic N) is 6. The summed E-state index contributed by atoms with van der Waals surface area (Å²) >= 11 is 6.61. The maximum atomic E-state index is 13.8. The minimum absolute atomic E-state index is 0.133. The fourth-order valence-corrected chi connectivity index (χ4v) is 4.55. The van der Waals surface area contributed by atoms with Gasteiger partial charge in [0.1, 0.15) is 17.6 Å². The zero-order chi connectivity index (χ0) is 27.1. The van der Waals surface area contributed by atoms with E-state index in [1.54, 1.807) is 24.3 Å². The number of hydrogen-bond acceptors (Lipinski definition) is 7. The maximum Gasteiger partial charge on any atom is 0.249 e. The zero-order valence-electron chi connectivity index (χ0n) is 20.0. The molecule has 0 amide bonds. The first-order valence-electron chi connectivity index (χ1n) is 11.9. The molecular formula is C27H18ClF3N8. The number of hydrogen-bond donors (Lipinski definition) is 2. The van der Waals surface area contributed by atoms with E-state index in [9.17, 15) is 18.4 Å². The van der Waals surface area contributed by atoms with Crippen molar-refractivity contribution in [3.8, 4) is 6.07 Å². The minimum atomic E-state index is -1.24. The molecule has 0 spiro atoms. The van der Waals surface area contributed by atoms with Crippen molar-refractivity contribution in [2.24, 2.45) is 0 Å². The van der Waals surface area contributed by atoms with E-state index >= 15 is 0 Å². The lowest BCUT2D eigenvalue weighted by molar-refractivity contribution is 0.480. The van der Waals surface area contributed by atoms with Crippen LogP contribution in [0.5, 0.6) is 0 Å². The molecule has 1 saturated carbocycles. The molecule has 1 aliphatic rings. The third-order valence-corrected chi connectivity index (χ3v) is 6.66. The molecule has 12 heteroatoms. The Labute approximate surface area is 225 Å². The third kappa shape index (κ3) is 4.94. The normalized spacial score (nSPS) is 13.7. The summed E-state index contributed by atoms with van der Waals surface area (Å²) in [5.41, 5.74) is 2.88. The minimum Gasteiger partial charge on any atom is -0.373 e. The van der Waals surface area contributed by atoms with Crippen LogP contribution in [0.25, 0.3) is 10.9 Å². The number of rotatable bonds is 7. The van der Waals surface area contributed by atoms with Crippen LogP contribution in [0.4, 0.5) is 30.2 Å². The molecule has 1 fully saturated rings. The Bertz CT molecular complexity index is 1750. The van der Waals surface area contributed by atoms with Gasteiger partial charge in [-0.1, -0.05) is 28.9 Å². The number of aromatic nitrogens is 5. The lowest BCUT2D eigenvalue weighted by atomic mass is 10.0. The second kappa shape index (κ2) is 9.89. The molecule has 2 N–H and O–H groups in total. The van der Waals surface area contributed by atoms with Gasteiger partial charge in [0, 0.05) is 23.3 Å². The summed E-state index contributed by atoms with van der Waals surface area (Å²) in [6.45, 7) is 0. The van der Waals surface area contributed by atoms with Crippen molar-refractivity contribution in [3.63, 3.8) is 0 Å². The predicted octanol–water partition coefficient (Wildman–Crippen LogP) is 6.44. The van der Waals surface area contributed by atoms with Crippen molar-refractivity contribution >= 4 is 39.6 Å². The fraction of sp³-hybridized carbons (Fsp3) is 0.148. The van der Waals surface area contributed by atoms with E-state index in [2.05, 4.69) is 37.0 Å². The summed E-state index contributed by atoms with van der Waals surface area (Å²) in [7, 11) is 0. The molecule has 5 aromatic rings. The van der Waals surface area contributed by atoms with Gasteiger partial charge < -0.3 is 10.6 Å². The van der Waals surface area contributed by atoms with Crippen molar-refractivity contribution in [1.29, 1.82) is 5.26 Å². The van der Waals surface area contributed by atoms with Crippen LogP contribution in [0.3, 0.4) is 0 Å². The topological polar surface area (TPSA) is 104 Å². The summed E-state index contributed by atoms with van der Waals surface area (Å²) < 4.78 is 42.7. The van der Waals surface area contributed by atoms with Gasteiger partial charge in [0.05, 0.1) is 52.0 Å². The van der Waals surface area contributed by atoms with Crippen LogP contribution < -0.4 is 10.6 Å². The Hall–Kier alpha value is -4.69. The number of fused-ring (bicyclic) bond motifs is 1. The van der Waals surface area contributed by atoms with Crippen LogP contribution >= 0.6 is 11.6 Å². The van der Waals surface area contributed by atoms with Crippen molar-refractivity contribution in [2.75, 3.05) is 10.6 Å². The van der Waals surface area contributed by atoms with Crippen molar-refractivity contribution in [1.82, 2.24) is 25.0 Å². The largest absolute Gasteiger partial charge is 0.373 e. The fourth-order valence-electron chi connectivity index (χ4n) is 4.29. The van der Waals surface area contributed by atoms with E-state index in [1.807, 2.05) is 10.9 Å². The van der Waals surface area contributed by atoms with E-state index in [-0.39, 0.29) is 22.1 Å². The van der Waals surface area contributed by atoms with Gasteiger partial charge in [-0.25, -0.2) is 18.4 Å². The van der Waals surface area contributed by atoms with Gasteiger partial charge in [-0.3, -0.25) is 4.98 Å². The van der Waals surface area contributed by atoms with Gasteiger partial charge in [-0.15, -0.1) is 5.10 Å². The monoisotopic (exact) mass is 546 g/mol. The molecule has 1 atom stereocenters. The summed E-state index contributed by atoms with van der Waals surface area (Å²) in [5.74, 6) is -2.75. The van der Waals surface area contributed by atoms with E-state index in [0.717, 1.165) is 30.7 Å². The van der Waals surface area contributed by atoms with E-state index < -0.39 is 17.8 Å². The molecule has 2 aromatic carbocycles. The maximum absolute atomic E-state index is 13.8. The predicted molar refractivity (Wildman–Crippen MR) is 139 cm³/mol. The lowest BCUT2D eigenvalue weighted by Crippen LogP contribution is -2.13. The number of nitriles is 1. The summed E-state index contributed by atoms with van der Waals surface area (Å²) in [6, 6.07) is 12.3. The van der Waals surface area contributed by atoms with E-state index in [4.69, 9.17) is 11.6 Å². The molecule has 0 aliphatic heterocycles. The van der Waals surface area contributed by atoms with Crippen LogP contribution in [0, 0.1) is 28.9 Å². The van der Waals surface area contributed by atoms with E-state index in [1.165, 1.54) is 18.3 Å². The molecule has 8 nitrogen and oxygen atoms in total. The first kappa shape index (κ1) is 24.6. The molecule has 6 rings (SSSR count). The lowest BCUT2D eigenvalue weighted by Gasteiger charge is -2.20. The number of nitrogens with one attached hydrogen (secondary N) is 2. The Morgan fingerprint density at radius 1 is 1.03 bits per heavy atom. The number of pyridine rings is 2. The highest BCUT2D eigenvalue weighted by atomic mass is 35.5. The molecule has 39 heavy (non-hydrogen) atoms. The standard InChI is InChI=1S/C27H18ClF3N8/c28-21-8-17(35-25(14-1-3-16(29)4-2-14)23-13-39(38-37-23)19-5-6-19)7-20-24(15(10-32)11-33-26(20)21)36-18-9-22(30)27(31)34-12-18/h1-4,7-9,11-13,19,25,35H,5-6H2,(H,33,36).